The number of benzene rings is 1. The first kappa shape index (κ1) is 12.4. The van der Waals surface area contributed by atoms with Gasteiger partial charge in [-0.25, -0.2) is 4.79 Å². The summed E-state index contributed by atoms with van der Waals surface area (Å²) in [4.78, 5) is 30.1. The van der Waals surface area contributed by atoms with Crippen LogP contribution in [0.5, 0.6) is 5.75 Å². The van der Waals surface area contributed by atoms with Crippen molar-refractivity contribution in [3.63, 3.8) is 0 Å². The van der Waals surface area contributed by atoms with Crippen molar-refractivity contribution in [3.8, 4) is 5.75 Å². The van der Waals surface area contributed by atoms with E-state index in [-0.39, 0.29) is 0 Å². The number of non-ortho nitro benzene ring substituents is 1. The Bertz CT molecular complexity index is 511. The number of hydrogen-bond donors (Lipinski definition) is 1. The molecule has 0 aliphatic carbocycles. The molecule has 9 heteroatoms. The van der Waals surface area contributed by atoms with Crippen molar-refractivity contribution < 1.29 is 24.5 Å². The molecule has 0 heterocycles. The van der Waals surface area contributed by atoms with Crippen LogP contribution >= 0.6 is 0 Å². The van der Waals surface area contributed by atoms with Gasteiger partial charge in [0.25, 0.3) is 11.4 Å². The van der Waals surface area contributed by atoms with Crippen molar-refractivity contribution in [2.24, 2.45) is 0 Å². The SMILES string of the molecule is COc1cc([N+](=O)[O-])cc([N+](=O)[O-])c1C(=O)O. The van der Waals surface area contributed by atoms with Gasteiger partial charge in [-0.3, -0.25) is 20.2 Å². The van der Waals surface area contributed by atoms with Gasteiger partial charge in [0.1, 0.15) is 5.75 Å². The van der Waals surface area contributed by atoms with Crippen LogP contribution in [-0.4, -0.2) is 28.0 Å². The van der Waals surface area contributed by atoms with Gasteiger partial charge < -0.3 is 9.84 Å². The molecule has 0 amide bonds. The fraction of sp³-hybridized carbons (Fsp3) is 0.125. The summed E-state index contributed by atoms with van der Waals surface area (Å²) < 4.78 is 4.60. The highest BCUT2D eigenvalue weighted by atomic mass is 16.6. The van der Waals surface area contributed by atoms with Gasteiger partial charge in [-0.2, -0.15) is 0 Å². The average molecular weight is 242 g/mol. The van der Waals surface area contributed by atoms with Crippen molar-refractivity contribution in [3.05, 3.63) is 37.9 Å². The molecule has 0 spiro atoms. The molecule has 0 unspecified atom stereocenters. The Labute approximate surface area is 93.5 Å². The quantitative estimate of drug-likeness (QED) is 0.619. The number of carbonyl (C=O) groups is 1. The topological polar surface area (TPSA) is 133 Å². The summed E-state index contributed by atoms with van der Waals surface area (Å²) in [5.74, 6) is -2.03. The summed E-state index contributed by atoms with van der Waals surface area (Å²) in [6, 6.07) is 1.39. The Balaban J connectivity index is 3.63. The van der Waals surface area contributed by atoms with E-state index < -0.39 is 38.5 Å². The Morgan fingerprint density at radius 3 is 2.24 bits per heavy atom. The molecule has 9 nitrogen and oxygen atoms in total. The molecule has 1 rings (SSSR count). The van der Waals surface area contributed by atoms with E-state index in [0.717, 1.165) is 13.2 Å². The molecular formula is C8H6N2O7. The second kappa shape index (κ2) is 4.43. The molecule has 0 saturated carbocycles. The number of ether oxygens (including phenoxy) is 1. The van der Waals surface area contributed by atoms with Crippen molar-refractivity contribution in [2.75, 3.05) is 7.11 Å². The number of methoxy groups -OCH3 is 1. The molecule has 1 aromatic rings. The number of nitrogens with zero attached hydrogens (tertiary/aromatic N) is 2. The van der Waals surface area contributed by atoms with Gasteiger partial charge in [-0.1, -0.05) is 0 Å². The van der Waals surface area contributed by atoms with Crippen LogP contribution in [0.3, 0.4) is 0 Å². The highest BCUT2D eigenvalue weighted by Gasteiger charge is 2.29. The number of carboxylic acids is 1. The Kier molecular flexibility index (Phi) is 3.22. The van der Waals surface area contributed by atoms with E-state index in [1.54, 1.807) is 0 Å². The minimum absolute atomic E-state index is 0.432. The number of rotatable bonds is 4. The fourth-order valence-electron chi connectivity index (χ4n) is 1.21. The third-order valence-electron chi connectivity index (χ3n) is 1.91. The predicted molar refractivity (Wildman–Crippen MR) is 53.3 cm³/mol. The van der Waals surface area contributed by atoms with Gasteiger partial charge >= 0.3 is 5.97 Å². The molecule has 1 aromatic carbocycles. The molecule has 0 saturated heterocycles. The maximum Gasteiger partial charge on any atom is 0.346 e. The largest absolute Gasteiger partial charge is 0.495 e. The first-order valence-electron chi connectivity index (χ1n) is 4.12. The summed E-state index contributed by atoms with van der Waals surface area (Å²) in [7, 11) is 1.06. The van der Waals surface area contributed by atoms with E-state index in [1.807, 2.05) is 0 Å². The van der Waals surface area contributed by atoms with Crippen LogP contribution in [0, 0.1) is 20.2 Å². The molecule has 0 aromatic heterocycles. The zero-order valence-corrected chi connectivity index (χ0v) is 8.45. The van der Waals surface area contributed by atoms with Gasteiger partial charge in [0, 0.05) is 0 Å². The predicted octanol–water partition coefficient (Wildman–Crippen LogP) is 1.21. The maximum absolute atomic E-state index is 10.8. The van der Waals surface area contributed by atoms with Crippen molar-refractivity contribution in [2.45, 2.75) is 0 Å². The lowest BCUT2D eigenvalue weighted by Crippen LogP contribution is -2.06. The maximum atomic E-state index is 10.8. The van der Waals surface area contributed by atoms with Crippen LogP contribution in [-0.2, 0) is 0 Å². The van der Waals surface area contributed by atoms with E-state index in [1.165, 1.54) is 0 Å². The van der Waals surface area contributed by atoms with Crippen LogP contribution in [0.25, 0.3) is 0 Å². The van der Waals surface area contributed by atoms with Crippen LogP contribution < -0.4 is 4.74 Å². The second-order valence-electron chi connectivity index (χ2n) is 2.86. The van der Waals surface area contributed by atoms with Gasteiger partial charge in [0.05, 0.1) is 29.1 Å². The highest BCUT2D eigenvalue weighted by molar-refractivity contribution is 5.96. The summed E-state index contributed by atoms with van der Waals surface area (Å²) in [6.45, 7) is 0. The Morgan fingerprint density at radius 2 is 1.88 bits per heavy atom. The van der Waals surface area contributed by atoms with Crippen molar-refractivity contribution in [1.82, 2.24) is 0 Å². The first-order chi connectivity index (χ1) is 7.88. The average Bonchev–Trinajstić information content (AvgIpc) is 2.26. The third kappa shape index (κ3) is 2.27. The Morgan fingerprint density at radius 1 is 1.29 bits per heavy atom. The molecule has 0 radical (unpaired) electrons. The summed E-state index contributed by atoms with van der Waals surface area (Å²) in [5, 5.41) is 29.9. The Hall–Kier alpha value is -2.71. The summed E-state index contributed by atoms with van der Waals surface area (Å²) >= 11 is 0. The van der Waals surface area contributed by atoms with Crippen LogP contribution in [0.2, 0.25) is 0 Å². The molecule has 0 atom stereocenters. The molecule has 17 heavy (non-hydrogen) atoms. The number of carboxylic acid groups (broad SMARTS) is 1. The smallest absolute Gasteiger partial charge is 0.346 e. The molecular weight excluding hydrogens is 236 g/mol. The van der Waals surface area contributed by atoms with E-state index in [4.69, 9.17) is 5.11 Å². The molecule has 0 aliphatic rings. The zero-order valence-electron chi connectivity index (χ0n) is 8.45. The lowest BCUT2D eigenvalue weighted by Gasteiger charge is -2.05. The molecule has 0 aliphatic heterocycles. The fourth-order valence-corrected chi connectivity index (χ4v) is 1.21. The van der Waals surface area contributed by atoms with E-state index in [0.29, 0.717) is 6.07 Å². The molecule has 1 N–H and O–H groups in total. The molecule has 0 fully saturated rings. The van der Waals surface area contributed by atoms with Crippen molar-refractivity contribution >= 4 is 17.3 Å². The van der Waals surface area contributed by atoms with Crippen LogP contribution in [0.15, 0.2) is 12.1 Å². The van der Waals surface area contributed by atoms with Crippen LogP contribution in [0.4, 0.5) is 11.4 Å². The normalized spacial score (nSPS) is 9.71. The lowest BCUT2D eigenvalue weighted by molar-refractivity contribution is -0.394. The molecule has 90 valence electrons. The van der Waals surface area contributed by atoms with Gasteiger partial charge in [0.2, 0.25) is 0 Å². The van der Waals surface area contributed by atoms with E-state index in [9.17, 15) is 25.0 Å². The second-order valence-corrected chi connectivity index (χ2v) is 2.86. The number of aromatic carboxylic acids is 1. The standard InChI is InChI=1S/C8H6N2O7/c1-17-6-3-4(9(13)14)2-5(10(15)16)7(6)8(11)12/h2-3H,1H3,(H,11,12). The van der Waals surface area contributed by atoms with Gasteiger partial charge in [-0.05, 0) is 0 Å². The minimum atomic E-state index is -1.59. The molecule has 0 bridgehead atoms. The number of hydrogen-bond acceptors (Lipinski definition) is 6. The first-order valence-corrected chi connectivity index (χ1v) is 4.12. The number of nitro groups is 2. The van der Waals surface area contributed by atoms with E-state index in [2.05, 4.69) is 4.74 Å². The third-order valence-corrected chi connectivity index (χ3v) is 1.91. The van der Waals surface area contributed by atoms with Crippen LogP contribution in [0.1, 0.15) is 10.4 Å². The monoisotopic (exact) mass is 242 g/mol. The van der Waals surface area contributed by atoms with Gasteiger partial charge in [-0.15, -0.1) is 0 Å². The summed E-state index contributed by atoms with van der Waals surface area (Å²) in [5.41, 5.74) is -2.22. The zero-order chi connectivity index (χ0) is 13.2. The van der Waals surface area contributed by atoms with Gasteiger partial charge in [0.15, 0.2) is 5.56 Å². The lowest BCUT2D eigenvalue weighted by atomic mass is 10.1. The van der Waals surface area contributed by atoms with Crippen molar-refractivity contribution in [1.29, 1.82) is 0 Å². The minimum Gasteiger partial charge on any atom is -0.495 e. The van der Waals surface area contributed by atoms with E-state index >= 15 is 0 Å². The number of nitro benzene ring substituents is 2. The highest BCUT2D eigenvalue weighted by Crippen LogP contribution is 2.33. The summed E-state index contributed by atoms with van der Waals surface area (Å²) in [6.07, 6.45) is 0.